The second-order valence-corrected chi connectivity index (χ2v) is 12.4. The number of hydrogen-bond donors (Lipinski definition) is 0. The van der Waals surface area contributed by atoms with Crippen molar-refractivity contribution in [1.29, 1.82) is 0 Å². The van der Waals surface area contributed by atoms with E-state index in [9.17, 15) is 0 Å². The largest absolute Gasteiger partial charge is 0.455 e. The number of rotatable bonds is 3. The maximum atomic E-state index is 6.47. The molecule has 0 saturated heterocycles. The highest BCUT2D eigenvalue weighted by Crippen LogP contribution is 2.43. The van der Waals surface area contributed by atoms with E-state index in [1.54, 1.807) is 0 Å². The molecule has 0 unspecified atom stereocenters. The van der Waals surface area contributed by atoms with E-state index < -0.39 is 0 Å². The fourth-order valence-corrected chi connectivity index (χ4v) is 8.09. The molecule has 0 spiro atoms. The molecule has 10 aromatic rings. The van der Waals surface area contributed by atoms with Crippen molar-refractivity contribution in [3.8, 4) is 28.5 Å². The van der Waals surface area contributed by atoms with Crippen LogP contribution in [0, 0.1) is 0 Å². The fourth-order valence-electron chi connectivity index (χ4n) is 6.83. The third kappa shape index (κ3) is 3.59. The monoisotopic (exact) mass is 593 g/mol. The molecule has 45 heavy (non-hydrogen) atoms. The van der Waals surface area contributed by atoms with Crippen molar-refractivity contribution in [2.75, 3.05) is 0 Å². The second kappa shape index (κ2) is 9.36. The fraction of sp³-hybridized carbons (Fsp3) is 0. The van der Waals surface area contributed by atoms with Gasteiger partial charge < -0.3 is 4.42 Å². The molecule has 0 N–H and O–H groups in total. The van der Waals surface area contributed by atoms with E-state index in [0.717, 1.165) is 55.6 Å². The summed E-state index contributed by atoms with van der Waals surface area (Å²) in [5, 5.41) is 7.23. The van der Waals surface area contributed by atoms with Crippen LogP contribution in [0.1, 0.15) is 0 Å². The quantitative estimate of drug-likeness (QED) is 0.205. The summed E-state index contributed by atoms with van der Waals surface area (Å²) in [5.74, 6) is 1.49. The van der Waals surface area contributed by atoms with Crippen LogP contribution in [0.25, 0.3) is 92.4 Å². The number of nitrogens with zero attached hydrogens (tertiary/aromatic N) is 3. The van der Waals surface area contributed by atoms with Gasteiger partial charge in [-0.15, -0.1) is 11.3 Å². The van der Waals surface area contributed by atoms with Crippen LogP contribution in [0.4, 0.5) is 0 Å². The third-order valence-electron chi connectivity index (χ3n) is 8.83. The first kappa shape index (κ1) is 24.6. The zero-order valence-corrected chi connectivity index (χ0v) is 24.8. The van der Waals surface area contributed by atoms with Gasteiger partial charge in [0.1, 0.15) is 17.0 Å². The van der Waals surface area contributed by atoms with Crippen LogP contribution in [-0.2, 0) is 0 Å². The van der Waals surface area contributed by atoms with Crippen LogP contribution < -0.4 is 0 Å². The zero-order chi connectivity index (χ0) is 29.5. The van der Waals surface area contributed by atoms with Crippen molar-refractivity contribution in [1.82, 2.24) is 14.5 Å². The Labute approximate surface area is 261 Å². The lowest BCUT2D eigenvalue weighted by atomic mass is 10.1. The summed E-state index contributed by atoms with van der Waals surface area (Å²) in [4.78, 5) is 10.4. The Bertz CT molecular complexity index is 2770. The van der Waals surface area contributed by atoms with Gasteiger partial charge in [0.15, 0.2) is 5.82 Å². The molecule has 5 heteroatoms. The first-order valence-electron chi connectivity index (χ1n) is 15.0. The van der Waals surface area contributed by atoms with Gasteiger partial charge >= 0.3 is 0 Å². The molecule has 0 atom stereocenters. The topological polar surface area (TPSA) is 43.9 Å². The molecule has 210 valence electrons. The molecule has 4 heterocycles. The molecule has 6 aromatic carbocycles. The third-order valence-corrected chi connectivity index (χ3v) is 10.0. The molecule has 0 aliphatic heterocycles. The molecule has 4 nitrogen and oxygen atoms in total. The highest BCUT2D eigenvalue weighted by atomic mass is 32.1. The van der Waals surface area contributed by atoms with Gasteiger partial charge in [0.2, 0.25) is 0 Å². The lowest BCUT2D eigenvalue weighted by Gasteiger charge is -2.12. The zero-order valence-electron chi connectivity index (χ0n) is 23.9. The van der Waals surface area contributed by atoms with E-state index in [-0.39, 0.29) is 0 Å². The molecule has 0 amide bonds. The molecular formula is C40H23N3OS. The van der Waals surface area contributed by atoms with Crippen molar-refractivity contribution >= 4 is 75.3 Å². The summed E-state index contributed by atoms with van der Waals surface area (Å²) in [5.41, 5.74) is 6.66. The molecule has 0 radical (unpaired) electrons. The van der Waals surface area contributed by atoms with E-state index in [1.165, 1.54) is 30.9 Å². The molecule has 0 saturated carbocycles. The minimum atomic E-state index is 0.671. The number of fused-ring (bicyclic) bond motifs is 10. The highest BCUT2D eigenvalue weighted by molar-refractivity contribution is 7.26. The predicted octanol–water partition coefficient (Wildman–Crippen LogP) is 11.2. The van der Waals surface area contributed by atoms with Crippen LogP contribution >= 0.6 is 11.3 Å². The van der Waals surface area contributed by atoms with Crippen LogP contribution in [0.15, 0.2) is 144 Å². The van der Waals surface area contributed by atoms with Gasteiger partial charge in [-0.2, -0.15) is 0 Å². The number of aromatic nitrogens is 3. The summed E-state index contributed by atoms with van der Waals surface area (Å²) in [6, 6.07) is 48.7. The smallest absolute Gasteiger partial charge is 0.162 e. The Morgan fingerprint density at radius 3 is 2.22 bits per heavy atom. The SMILES string of the molecule is c1ccc(-c2nc(-c3cccc4c3oc3ccccc34)cc(-n3c4ccccc4c4c5sc6ccccc6c5ccc43)n2)cc1. The summed E-state index contributed by atoms with van der Waals surface area (Å²) in [7, 11) is 0. The minimum absolute atomic E-state index is 0.671. The predicted molar refractivity (Wildman–Crippen MR) is 187 cm³/mol. The normalized spacial score (nSPS) is 12.0. The van der Waals surface area contributed by atoms with Gasteiger partial charge in [0, 0.05) is 58.9 Å². The van der Waals surface area contributed by atoms with Gasteiger partial charge in [0.05, 0.1) is 16.7 Å². The van der Waals surface area contributed by atoms with Crippen molar-refractivity contribution in [3.05, 3.63) is 140 Å². The van der Waals surface area contributed by atoms with Gasteiger partial charge in [0.25, 0.3) is 0 Å². The lowest BCUT2D eigenvalue weighted by Crippen LogP contribution is -2.02. The number of furan rings is 1. The van der Waals surface area contributed by atoms with Gasteiger partial charge in [-0.3, -0.25) is 4.57 Å². The van der Waals surface area contributed by atoms with Gasteiger partial charge in [-0.1, -0.05) is 103 Å². The Morgan fingerprint density at radius 2 is 1.31 bits per heavy atom. The second-order valence-electron chi connectivity index (χ2n) is 11.4. The average Bonchev–Trinajstić information content (AvgIpc) is 3.78. The molecule has 0 bridgehead atoms. The molecule has 0 aliphatic rings. The van der Waals surface area contributed by atoms with Crippen molar-refractivity contribution in [2.24, 2.45) is 0 Å². The number of hydrogen-bond acceptors (Lipinski definition) is 4. The summed E-state index contributed by atoms with van der Waals surface area (Å²) in [6.07, 6.45) is 0. The van der Waals surface area contributed by atoms with E-state index in [2.05, 4.69) is 114 Å². The number of para-hydroxylation sites is 3. The Balaban J connectivity index is 1.31. The van der Waals surface area contributed by atoms with Gasteiger partial charge in [-0.05, 0) is 30.3 Å². The summed E-state index contributed by atoms with van der Waals surface area (Å²) in [6.45, 7) is 0. The maximum Gasteiger partial charge on any atom is 0.162 e. The lowest BCUT2D eigenvalue weighted by molar-refractivity contribution is 0.670. The Hall–Kier alpha value is -5.78. The molecule has 0 aliphatic carbocycles. The highest BCUT2D eigenvalue weighted by Gasteiger charge is 2.21. The Morgan fingerprint density at radius 1 is 0.556 bits per heavy atom. The van der Waals surface area contributed by atoms with Crippen LogP contribution in [0.3, 0.4) is 0 Å². The minimum Gasteiger partial charge on any atom is -0.455 e. The average molecular weight is 594 g/mol. The van der Waals surface area contributed by atoms with Crippen LogP contribution in [-0.4, -0.2) is 14.5 Å². The first-order chi connectivity index (χ1) is 22.3. The van der Waals surface area contributed by atoms with Crippen LogP contribution in [0.5, 0.6) is 0 Å². The maximum absolute atomic E-state index is 6.47. The summed E-state index contributed by atoms with van der Waals surface area (Å²) >= 11 is 1.86. The van der Waals surface area contributed by atoms with Crippen molar-refractivity contribution in [2.45, 2.75) is 0 Å². The Kier molecular flexibility index (Phi) is 5.12. The molecule has 4 aromatic heterocycles. The molecule has 0 fully saturated rings. The molecular weight excluding hydrogens is 571 g/mol. The number of benzene rings is 6. The van der Waals surface area contributed by atoms with E-state index in [1.807, 2.05) is 41.7 Å². The van der Waals surface area contributed by atoms with E-state index >= 15 is 0 Å². The van der Waals surface area contributed by atoms with E-state index in [0.29, 0.717) is 5.82 Å². The standard InChI is InChI=1S/C40H23N3OS/c1-2-11-24(12-3-1)40-41-31(29-17-10-16-27-25-13-5-8-19-34(25)44-38(27)29)23-36(42-40)43-32-18-7-4-15-30(32)37-33(43)22-21-28-26-14-6-9-20-35(26)45-39(28)37/h1-23H. The van der Waals surface area contributed by atoms with Crippen LogP contribution in [0.2, 0.25) is 0 Å². The summed E-state index contributed by atoms with van der Waals surface area (Å²) < 4.78 is 11.4. The van der Waals surface area contributed by atoms with Crippen molar-refractivity contribution < 1.29 is 4.42 Å². The number of thiophene rings is 1. The van der Waals surface area contributed by atoms with Crippen molar-refractivity contribution in [3.63, 3.8) is 0 Å². The van der Waals surface area contributed by atoms with E-state index in [4.69, 9.17) is 14.4 Å². The molecule has 10 rings (SSSR count). The first-order valence-corrected chi connectivity index (χ1v) is 15.8. The van der Waals surface area contributed by atoms with Gasteiger partial charge in [-0.25, -0.2) is 9.97 Å².